The lowest BCUT2D eigenvalue weighted by molar-refractivity contribution is -0.152. The molecule has 1 saturated heterocycles. The van der Waals surface area contributed by atoms with E-state index >= 15 is 0 Å². The van der Waals surface area contributed by atoms with E-state index in [1.165, 1.54) is 36.0 Å². The summed E-state index contributed by atoms with van der Waals surface area (Å²) in [5.74, 6) is 2.91. The first-order valence-electron chi connectivity index (χ1n) is 10.7. The van der Waals surface area contributed by atoms with Gasteiger partial charge in [0.25, 0.3) is 5.91 Å². The topological polar surface area (TPSA) is 67.9 Å². The lowest BCUT2D eigenvalue weighted by Crippen LogP contribution is -2.57. The van der Waals surface area contributed by atoms with Crippen LogP contribution in [-0.4, -0.2) is 35.4 Å². The number of nitrogens with zero attached hydrogens (tertiary/aromatic N) is 1. The average molecular weight is 459 g/mol. The summed E-state index contributed by atoms with van der Waals surface area (Å²) < 4.78 is 11.0. The van der Waals surface area contributed by atoms with Gasteiger partial charge in [0.1, 0.15) is 11.5 Å². The van der Waals surface area contributed by atoms with Gasteiger partial charge in [0.05, 0.1) is 24.5 Å². The van der Waals surface area contributed by atoms with Crippen molar-refractivity contribution in [3.63, 3.8) is 0 Å². The zero-order chi connectivity index (χ0) is 21.8. The van der Waals surface area contributed by atoms with Gasteiger partial charge in [0.2, 0.25) is 5.91 Å². The van der Waals surface area contributed by atoms with Gasteiger partial charge in [-0.05, 0) is 86.7 Å². The molecule has 0 radical (unpaired) electrons. The molecule has 6 nitrogen and oxygen atoms in total. The van der Waals surface area contributed by atoms with Crippen LogP contribution >= 0.6 is 24.0 Å². The van der Waals surface area contributed by atoms with E-state index in [9.17, 15) is 9.59 Å². The lowest BCUT2D eigenvalue weighted by atomic mass is 9.49. The predicted octanol–water partition coefficient (Wildman–Crippen LogP) is 4.15. The highest BCUT2D eigenvalue weighted by Gasteiger charge is 2.55. The van der Waals surface area contributed by atoms with Crippen molar-refractivity contribution < 1.29 is 19.1 Å². The number of hydrogen-bond donors (Lipinski definition) is 1. The van der Waals surface area contributed by atoms with Crippen molar-refractivity contribution in [3.8, 4) is 11.5 Å². The molecule has 1 aromatic carbocycles. The minimum atomic E-state index is -0.332. The Labute approximate surface area is 191 Å². The summed E-state index contributed by atoms with van der Waals surface area (Å²) in [6.45, 7) is 0. The maximum absolute atomic E-state index is 13.4. The van der Waals surface area contributed by atoms with E-state index < -0.39 is 0 Å². The maximum atomic E-state index is 13.4. The molecule has 6 rings (SSSR count). The third kappa shape index (κ3) is 3.63. The first kappa shape index (κ1) is 20.8. The molecule has 5 fully saturated rings. The van der Waals surface area contributed by atoms with Crippen LogP contribution in [-0.2, 0) is 9.59 Å². The molecular formula is C23H26N2O4S2. The molecule has 4 saturated carbocycles. The van der Waals surface area contributed by atoms with Gasteiger partial charge in [-0.15, -0.1) is 0 Å². The van der Waals surface area contributed by atoms with Crippen LogP contribution in [0.25, 0.3) is 6.08 Å². The van der Waals surface area contributed by atoms with Crippen molar-refractivity contribution in [2.24, 2.45) is 23.2 Å². The summed E-state index contributed by atoms with van der Waals surface area (Å²) in [4.78, 5) is 26.9. The van der Waals surface area contributed by atoms with Crippen LogP contribution in [0.15, 0.2) is 23.1 Å². The molecule has 0 spiro atoms. The Morgan fingerprint density at radius 1 is 1.16 bits per heavy atom. The number of rotatable bonds is 5. The van der Waals surface area contributed by atoms with E-state index in [1.807, 2.05) is 12.1 Å². The van der Waals surface area contributed by atoms with E-state index in [1.54, 1.807) is 26.4 Å². The number of thiocarbonyl (C=S) groups is 1. The van der Waals surface area contributed by atoms with Gasteiger partial charge < -0.3 is 9.47 Å². The first-order chi connectivity index (χ1) is 14.9. The van der Waals surface area contributed by atoms with Crippen molar-refractivity contribution in [1.29, 1.82) is 0 Å². The molecule has 164 valence electrons. The standard InChI is InChI=1S/C23H26N2O4S2/c1-28-17-4-3-16(18(9-17)29-2)8-19-20(26)25(22(30)31-19)24-21(27)23-10-13-5-14(11-23)7-15(6-13)12-23/h3-4,8-9,13-15H,5-7,10-12H2,1-2H3,(H,24,27)/b19-8+. The molecule has 0 atom stereocenters. The summed E-state index contributed by atoms with van der Waals surface area (Å²) >= 11 is 6.63. The number of ether oxygens (including phenoxy) is 2. The summed E-state index contributed by atoms with van der Waals surface area (Å²) in [5.41, 5.74) is 3.30. The van der Waals surface area contributed by atoms with Crippen LogP contribution < -0.4 is 14.9 Å². The molecule has 1 aliphatic heterocycles. The van der Waals surface area contributed by atoms with Gasteiger partial charge in [-0.25, -0.2) is 0 Å². The van der Waals surface area contributed by atoms with E-state index in [0.29, 0.717) is 38.5 Å². The molecule has 8 heteroatoms. The summed E-state index contributed by atoms with van der Waals surface area (Å²) in [6.07, 6.45) is 8.37. The summed E-state index contributed by atoms with van der Waals surface area (Å²) in [5, 5.41) is 1.25. The SMILES string of the molecule is COc1ccc(/C=C2/SC(=S)N(NC(=O)C34CC5CC(CC(C5)C3)C4)C2=O)c(OC)c1. The second-order valence-corrected chi connectivity index (χ2v) is 10.9. The molecule has 4 bridgehead atoms. The van der Waals surface area contributed by atoms with Crippen LogP contribution in [0.3, 0.4) is 0 Å². The summed E-state index contributed by atoms with van der Waals surface area (Å²) in [6, 6.07) is 5.41. The Kier molecular flexibility index (Phi) is 5.25. The number of carbonyl (C=O) groups excluding carboxylic acids is 2. The zero-order valence-electron chi connectivity index (χ0n) is 17.7. The Morgan fingerprint density at radius 2 is 1.81 bits per heavy atom. The second kappa shape index (κ2) is 7.81. The molecule has 5 aliphatic rings. The average Bonchev–Trinajstić information content (AvgIpc) is 3.00. The van der Waals surface area contributed by atoms with Gasteiger partial charge in [-0.1, -0.05) is 11.8 Å². The first-order valence-corrected chi connectivity index (χ1v) is 11.9. The number of amides is 2. The number of carbonyl (C=O) groups is 2. The van der Waals surface area contributed by atoms with Crippen molar-refractivity contribution >= 4 is 46.2 Å². The third-order valence-electron chi connectivity index (χ3n) is 7.25. The number of nitrogens with one attached hydrogen (secondary N) is 1. The Hall–Kier alpha value is -2.06. The van der Waals surface area contributed by atoms with E-state index in [4.69, 9.17) is 21.7 Å². The molecular weight excluding hydrogens is 432 g/mol. The molecule has 1 heterocycles. The van der Waals surface area contributed by atoms with Crippen LogP contribution in [0.1, 0.15) is 44.1 Å². The number of methoxy groups -OCH3 is 2. The number of hydrogen-bond acceptors (Lipinski definition) is 6. The van der Waals surface area contributed by atoms with Crippen molar-refractivity contribution in [2.45, 2.75) is 38.5 Å². The van der Waals surface area contributed by atoms with Crippen molar-refractivity contribution in [2.75, 3.05) is 14.2 Å². The number of hydrazine groups is 1. The Morgan fingerprint density at radius 3 is 2.39 bits per heavy atom. The van der Waals surface area contributed by atoms with E-state index in [2.05, 4.69) is 5.43 Å². The fraction of sp³-hybridized carbons (Fsp3) is 0.522. The van der Waals surface area contributed by atoms with Crippen molar-refractivity contribution in [3.05, 3.63) is 28.7 Å². The lowest BCUT2D eigenvalue weighted by Gasteiger charge is -2.55. The quantitative estimate of drug-likeness (QED) is 0.528. The largest absolute Gasteiger partial charge is 0.497 e. The smallest absolute Gasteiger partial charge is 0.285 e. The van der Waals surface area contributed by atoms with E-state index in [0.717, 1.165) is 24.8 Å². The third-order valence-corrected chi connectivity index (χ3v) is 8.56. The Balaban J connectivity index is 1.34. The fourth-order valence-corrected chi connectivity index (χ4v) is 7.42. The number of benzene rings is 1. The van der Waals surface area contributed by atoms with Gasteiger partial charge in [0, 0.05) is 11.6 Å². The van der Waals surface area contributed by atoms with Crippen LogP contribution in [0.5, 0.6) is 11.5 Å². The zero-order valence-corrected chi connectivity index (χ0v) is 19.3. The molecule has 1 aromatic rings. The van der Waals surface area contributed by atoms with Crippen LogP contribution in [0, 0.1) is 23.2 Å². The number of thioether (sulfide) groups is 1. The van der Waals surface area contributed by atoms with Crippen LogP contribution in [0.2, 0.25) is 0 Å². The molecule has 31 heavy (non-hydrogen) atoms. The van der Waals surface area contributed by atoms with Gasteiger partial charge >= 0.3 is 0 Å². The highest BCUT2D eigenvalue weighted by atomic mass is 32.2. The maximum Gasteiger partial charge on any atom is 0.285 e. The molecule has 4 aliphatic carbocycles. The minimum Gasteiger partial charge on any atom is -0.497 e. The highest BCUT2D eigenvalue weighted by molar-refractivity contribution is 8.26. The molecule has 2 amide bonds. The Bertz CT molecular complexity index is 955. The highest BCUT2D eigenvalue weighted by Crippen LogP contribution is 2.60. The van der Waals surface area contributed by atoms with E-state index in [-0.39, 0.29) is 17.2 Å². The fourth-order valence-electron chi connectivity index (χ4n) is 6.25. The van der Waals surface area contributed by atoms with Gasteiger partial charge in [0.15, 0.2) is 4.32 Å². The monoisotopic (exact) mass is 458 g/mol. The molecule has 1 N–H and O–H groups in total. The molecule has 0 unspecified atom stereocenters. The predicted molar refractivity (Wildman–Crippen MR) is 123 cm³/mol. The normalized spacial score (nSPS) is 32.6. The van der Waals surface area contributed by atoms with Gasteiger partial charge in [-0.2, -0.15) is 5.01 Å². The summed E-state index contributed by atoms with van der Waals surface area (Å²) in [7, 11) is 3.16. The van der Waals surface area contributed by atoms with Gasteiger partial charge in [-0.3, -0.25) is 15.0 Å². The molecule has 0 aromatic heterocycles. The van der Waals surface area contributed by atoms with Crippen molar-refractivity contribution in [1.82, 2.24) is 10.4 Å². The van der Waals surface area contributed by atoms with Crippen LogP contribution in [0.4, 0.5) is 0 Å². The minimum absolute atomic E-state index is 0.0359. The second-order valence-electron chi connectivity index (χ2n) is 9.26.